The molecule has 0 aliphatic heterocycles. The first-order chi connectivity index (χ1) is 8.00. The highest BCUT2D eigenvalue weighted by Crippen LogP contribution is 2.29. The molecule has 4 nitrogen and oxygen atoms in total. The zero-order chi connectivity index (χ0) is 12.6. The fourth-order valence-corrected chi connectivity index (χ4v) is 1.93. The molecule has 0 amide bonds. The third-order valence-corrected chi connectivity index (χ3v) is 2.84. The number of halogens is 1. The molecule has 0 bridgehead atoms. The summed E-state index contributed by atoms with van der Waals surface area (Å²) in [6.07, 6.45) is 0. The molecule has 0 N–H and O–H groups in total. The maximum atomic E-state index is 10.9. The normalized spacial score (nSPS) is 10.5. The number of carbonyl (C=O) groups excluding carboxylic acids is 1. The van der Waals surface area contributed by atoms with Crippen molar-refractivity contribution in [2.75, 3.05) is 0 Å². The Morgan fingerprint density at radius 1 is 1.41 bits per heavy atom. The average Bonchev–Trinajstić information content (AvgIpc) is 2.59. The van der Waals surface area contributed by atoms with Gasteiger partial charge in [0, 0.05) is 16.1 Å². The fourth-order valence-electron chi connectivity index (χ4n) is 1.73. The highest BCUT2D eigenvalue weighted by atomic mass is 35.5. The van der Waals surface area contributed by atoms with Crippen molar-refractivity contribution in [1.29, 1.82) is 0 Å². The van der Waals surface area contributed by atoms with Crippen LogP contribution < -0.4 is 5.11 Å². The van der Waals surface area contributed by atoms with Crippen molar-refractivity contribution in [1.82, 2.24) is 5.16 Å². The Labute approximate surface area is 103 Å². The molecule has 0 aliphatic rings. The minimum Gasteiger partial charge on any atom is -0.545 e. The standard InChI is InChI=1S/C12H10ClNO3/c1-6-11(7(2)17-14-6)8-3-4-10(13)9(5-8)12(15)16/h3-5H,1-2H3,(H,15,16)/p-1. The highest BCUT2D eigenvalue weighted by Gasteiger charge is 2.13. The fraction of sp³-hybridized carbons (Fsp3) is 0.167. The number of carbonyl (C=O) groups is 1. The Balaban J connectivity index is 2.62. The summed E-state index contributed by atoms with van der Waals surface area (Å²) < 4.78 is 5.03. The lowest BCUT2D eigenvalue weighted by atomic mass is 10.0. The third-order valence-electron chi connectivity index (χ3n) is 2.51. The van der Waals surface area contributed by atoms with Gasteiger partial charge in [0.1, 0.15) is 5.76 Å². The van der Waals surface area contributed by atoms with Gasteiger partial charge in [-0.15, -0.1) is 0 Å². The monoisotopic (exact) mass is 250 g/mol. The number of rotatable bonds is 2. The smallest absolute Gasteiger partial charge is 0.141 e. The zero-order valence-electron chi connectivity index (χ0n) is 9.28. The van der Waals surface area contributed by atoms with Crippen molar-refractivity contribution < 1.29 is 14.4 Å². The predicted molar refractivity (Wildman–Crippen MR) is 60.8 cm³/mol. The molecule has 1 aromatic heterocycles. The molecule has 0 spiro atoms. The number of carboxylic acid groups (broad SMARTS) is 1. The van der Waals surface area contributed by atoms with E-state index in [1.54, 1.807) is 19.9 Å². The number of aryl methyl sites for hydroxylation is 2. The van der Waals surface area contributed by atoms with Crippen LogP contribution in [0, 0.1) is 13.8 Å². The van der Waals surface area contributed by atoms with Crippen molar-refractivity contribution in [3.05, 3.63) is 40.2 Å². The van der Waals surface area contributed by atoms with Gasteiger partial charge < -0.3 is 14.4 Å². The van der Waals surface area contributed by atoms with Gasteiger partial charge in [-0.05, 0) is 31.5 Å². The first-order valence-corrected chi connectivity index (χ1v) is 5.32. The summed E-state index contributed by atoms with van der Waals surface area (Å²) in [5.41, 5.74) is 2.15. The van der Waals surface area contributed by atoms with Crippen LogP contribution in [0.1, 0.15) is 21.8 Å². The Hall–Kier alpha value is -1.81. The number of aromatic nitrogens is 1. The van der Waals surface area contributed by atoms with Crippen LogP contribution in [0.15, 0.2) is 22.7 Å². The number of aromatic carboxylic acids is 1. The van der Waals surface area contributed by atoms with E-state index in [0.717, 1.165) is 5.56 Å². The summed E-state index contributed by atoms with van der Waals surface area (Å²) in [5, 5.41) is 14.9. The molecule has 0 radical (unpaired) electrons. The average molecular weight is 251 g/mol. The summed E-state index contributed by atoms with van der Waals surface area (Å²) in [7, 11) is 0. The Bertz CT molecular complexity index is 570. The quantitative estimate of drug-likeness (QED) is 0.817. The molecule has 0 aliphatic carbocycles. The SMILES string of the molecule is Cc1noc(C)c1-c1ccc(Cl)c(C(=O)[O-])c1. The van der Waals surface area contributed by atoms with Gasteiger partial charge in [-0.25, -0.2) is 0 Å². The minimum absolute atomic E-state index is 0.0378. The summed E-state index contributed by atoms with van der Waals surface area (Å²) in [5.74, 6) is -0.669. The first kappa shape index (κ1) is 11.7. The Kier molecular flexibility index (Phi) is 2.90. The van der Waals surface area contributed by atoms with Gasteiger partial charge in [0.2, 0.25) is 0 Å². The van der Waals surface area contributed by atoms with E-state index in [4.69, 9.17) is 16.1 Å². The maximum Gasteiger partial charge on any atom is 0.141 e. The molecule has 0 unspecified atom stereocenters. The molecule has 5 heteroatoms. The van der Waals surface area contributed by atoms with Gasteiger partial charge in [-0.3, -0.25) is 0 Å². The van der Waals surface area contributed by atoms with Crippen molar-refractivity contribution in [3.8, 4) is 11.1 Å². The third kappa shape index (κ3) is 2.03. The highest BCUT2D eigenvalue weighted by molar-refractivity contribution is 6.33. The van der Waals surface area contributed by atoms with Gasteiger partial charge in [0.25, 0.3) is 0 Å². The summed E-state index contributed by atoms with van der Waals surface area (Å²) in [4.78, 5) is 10.9. The van der Waals surface area contributed by atoms with Crippen molar-refractivity contribution in [3.63, 3.8) is 0 Å². The number of hydrogen-bond donors (Lipinski definition) is 0. The maximum absolute atomic E-state index is 10.9. The number of nitrogens with zero attached hydrogens (tertiary/aromatic N) is 1. The van der Waals surface area contributed by atoms with Crippen molar-refractivity contribution in [2.45, 2.75) is 13.8 Å². The molecular weight excluding hydrogens is 242 g/mol. The molecular formula is C12H9ClNO3-. The Morgan fingerprint density at radius 3 is 2.65 bits per heavy atom. The molecule has 88 valence electrons. The summed E-state index contributed by atoms with van der Waals surface area (Å²) in [6.45, 7) is 3.56. The molecule has 0 atom stereocenters. The largest absolute Gasteiger partial charge is 0.545 e. The van der Waals surface area contributed by atoms with Crippen LogP contribution in [-0.4, -0.2) is 11.1 Å². The van der Waals surface area contributed by atoms with E-state index in [1.807, 2.05) is 0 Å². The molecule has 2 aromatic rings. The molecule has 0 saturated heterocycles. The van der Waals surface area contributed by atoms with E-state index in [0.29, 0.717) is 17.0 Å². The molecule has 0 saturated carbocycles. The minimum atomic E-state index is -1.30. The molecule has 1 aromatic carbocycles. The van der Waals surface area contributed by atoms with E-state index >= 15 is 0 Å². The molecule has 17 heavy (non-hydrogen) atoms. The van der Waals surface area contributed by atoms with Gasteiger partial charge in [0.15, 0.2) is 0 Å². The van der Waals surface area contributed by atoms with Crippen LogP contribution in [0.25, 0.3) is 11.1 Å². The van der Waals surface area contributed by atoms with Crippen molar-refractivity contribution >= 4 is 17.6 Å². The summed E-state index contributed by atoms with van der Waals surface area (Å²) >= 11 is 5.77. The van der Waals surface area contributed by atoms with Crippen LogP contribution in [0.4, 0.5) is 0 Å². The molecule has 0 fully saturated rings. The van der Waals surface area contributed by atoms with Gasteiger partial charge in [-0.1, -0.05) is 22.8 Å². The summed E-state index contributed by atoms with van der Waals surface area (Å²) in [6, 6.07) is 4.71. The van der Waals surface area contributed by atoms with Crippen LogP contribution >= 0.6 is 11.6 Å². The first-order valence-electron chi connectivity index (χ1n) is 4.95. The zero-order valence-corrected chi connectivity index (χ0v) is 10.0. The van der Waals surface area contributed by atoms with E-state index in [2.05, 4.69) is 5.16 Å². The van der Waals surface area contributed by atoms with Crippen LogP contribution in [-0.2, 0) is 0 Å². The lowest BCUT2D eigenvalue weighted by molar-refractivity contribution is -0.255. The van der Waals surface area contributed by atoms with Crippen LogP contribution in [0.3, 0.4) is 0 Å². The Morgan fingerprint density at radius 2 is 2.12 bits per heavy atom. The van der Waals surface area contributed by atoms with Crippen LogP contribution in [0.5, 0.6) is 0 Å². The second-order valence-electron chi connectivity index (χ2n) is 3.68. The van der Waals surface area contributed by atoms with Gasteiger partial charge in [-0.2, -0.15) is 0 Å². The van der Waals surface area contributed by atoms with E-state index < -0.39 is 5.97 Å². The number of benzene rings is 1. The topological polar surface area (TPSA) is 66.2 Å². The number of hydrogen-bond acceptors (Lipinski definition) is 4. The molecule has 2 rings (SSSR count). The van der Waals surface area contributed by atoms with Crippen molar-refractivity contribution in [2.24, 2.45) is 0 Å². The lowest BCUT2D eigenvalue weighted by Crippen LogP contribution is -2.22. The van der Waals surface area contributed by atoms with Gasteiger partial charge in [0.05, 0.1) is 11.7 Å². The lowest BCUT2D eigenvalue weighted by Gasteiger charge is -2.08. The van der Waals surface area contributed by atoms with E-state index in [9.17, 15) is 9.90 Å². The molecule has 1 heterocycles. The predicted octanol–water partition coefficient (Wildman–Crippen LogP) is 1.98. The number of carboxylic acids is 1. The van der Waals surface area contributed by atoms with Gasteiger partial charge >= 0.3 is 0 Å². The van der Waals surface area contributed by atoms with E-state index in [1.165, 1.54) is 12.1 Å². The second kappa shape index (κ2) is 4.22. The second-order valence-corrected chi connectivity index (χ2v) is 4.09. The van der Waals surface area contributed by atoms with E-state index in [-0.39, 0.29) is 10.6 Å². The van der Waals surface area contributed by atoms with Crippen LogP contribution in [0.2, 0.25) is 5.02 Å².